The molecular formula is C17H29ClN2O2. The van der Waals surface area contributed by atoms with Gasteiger partial charge in [-0.1, -0.05) is 20.8 Å². The molecule has 0 radical (unpaired) electrons. The van der Waals surface area contributed by atoms with E-state index in [-0.39, 0.29) is 18.3 Å². The van der Waals surface area contributed by atoms with Gasteiger partial charge in [0, 0.05) is 6.54 Å². The highest BCUT2D eigenvalue weighted by Gasteiger charge is 2.29. The van der Waals surface area contributed by atoms with Crippen LogP contribution in [-0.4, -0.2) is 12.5 Å². The van der Waals surface area contributed by atoms with Gasteiger partial charge in [-0.3, -0.25) is 4.79 Å². The molecule has 126 valence electrons. The number of nitrogens with two attached hydrogens (primary N) is 1. The molecule has 1 fully saturated rings. The van der Waals surface area contributed by atoms with Crippen LogP contribution in [0, 0.1) is 17.3 Å². The summed E-state index contributed by atoms with van der Waals surface area (Å²) < 4.78 is 5.19. The Bertz CT molecular complexity index is 471. The SMILES string of the molecule is CC(C)(C)C1CCC(CNC(=O)c2coc(CN)c2)CC1.Cl. The Morgan fingerprint density at radius 2 is 1.95 bits per heavy atom. The van der Waals surface area contributed by atoms with Crippen LogP contribution in [0.1, 0.15) is 62.6 Å². The molecule has 1 aliphatic carbocycles. The van der Waals surface area contributed by atoms with E-state index in [1.807, 2.05) is 0 Å². The molecule has 0 unspecified atom stereocenters. The topological polar surface area (TPSA) is 68.3 Å². The lowest BCUT2D eigenvalue weighted by molar-refractivity contribution is 0.0930. The van der Waals surface area contributed by atoms with Crippen LogP contribution >= 0.6 is 12.4 Å². The van der Waals surface area contributed by atoms with Crippen molar-refractivity contribution in [3.05, 3.63) is 23.7 Å². The van der Waals surface area contributed by atoms with Crippen molar-refractivity contribution >= 4 is 18.3 Å². The van der Waals surface area contributed by atoms with Crippen molar-refractivity contribution in [2.75, 3.05) is 6.54 Å². The summed E-state index contributed by atoms with van der Waals surface area (Å²) in [4.78, 5) is 12.0. The van der Waals surface area contributed by atoms with E-state index in [0.717, 1.165) is 12.5 Å². The first-order valence-corrected chi connectivity index (χ1v) is 7.96. The van der Waals surface area contributed by atoms with Crippen molar-refractivity contribution in [1.29, 1.82) is 0 Å². The van der Waals surface area contributed by atoms with Gasteiger partial charge in [-0.15, -0.1) is 12.4 Å². The molecule has 4 nitrogen and oxygen atoms in total. The van der Waals surface area contributed by atoms with Crippen LogP contribution in [0.15, 0.2) is 16.7 Å². The molecule has 3 N–H and O–H groups in total. The molecule has 1 aromatic rings. The molecule has 1 aromatic heterocycles. The molecule has 0 aliphatic heterocycles. The summed E-state index contributed by atoms with van der Waals surface area (Å²) >= 11 is 0. The second kappa shape index (κ2) is 8.02. The highest BCUT2D eigenvalue weighted by Crippen LogP contribution is 2.39. The number of nitrogens with one attached hydrogen (secondary N) is 1. The number of furan rings is 1. The van der Waals surface area contributed by atoms with E-state index < -0.39 is 0 Å². The van der Waals surface area contributed by atoms with Gasteiger partial charge in [-0.2, -0.15) is 0 Å². The van der Waals surface area contributed by atoms with Crippen molar-refractivity contribution in [2.24, 2.45) is 23.0 Å². The standard InChI is InChI=1S/C17H28N2O2.ClH/c1-17(2,3)14-6-4-12(5-7-14)10-19-16(20)13-8-15(9-18)21-11-13;/h8,11-12,14H,4-7,9-10,18H2,1-3H3,(H,19,20);1H. The zero-order valence-electron chi connectivity index (χ0n) is 13.9. The van der Waals surface area contributed by atoms with Crippen LogP contribution < -0.4 is 11.1 Å². The van der Waals surface area contributed by atoms with Crippen LogP contribution in [0.2, 0.25) is 0 Å². The normalized spacial score (nSPS) is 22.0. The van der Waals surface area contributed by atoms with E-state index >= 15 is 0 Å². The molecule has 22 heavy (non-hydrogen) atoms. The monoisotopic (exact) mass is 328 g/mol. The van der Waals surface area contributed by atoms with E-state index in [4.69, 9.17) is 10.2 Å². The Balaban J connectivity index is 0.00000242. The fourth-order valence-corrected chi connectivity index (χ4v) is 3.18. The molecule has 0 spiro atoms. The van der Waals surface area contributed by atoms with Gasteiger partial charge in [0.05, 0.1) is 12.1 Å². The molecule has 1 heterocycles. The zero-order valence-corrected chi connectivity index (χ0v) is 14.7. The number of amides is 1. The maximum absolute atomic E-state index is 12.0. The van der Waals surface area contributed by atoms with Gasteiger partial charge in [0.15, 0.2) is 0 Å². The van der Waals surface area contributed by atoms with Crippen LogP contribution in [0.25, 0.3) is 0 Å². The third kappa shape index (κ3) is 5.03. The lowest BCUT2D eigenvalue weighted by Gasteiger charge is -2.37. The maximum Gasteiger partial charge on any atom is 0.254 e. The van der Waals surface area contributed by atoms with Crippen LogP contribution in [0.4, 0.5) is 0 Å². The van der Waals surface area contributed by atoms with Crippen LogP contribution in [0.3, 0.4) is 0 Å². The summed E-state index contributed by atoms with van der Waals surface area (Å²) in [6.07, 6.45) is 6.44. The fraction of sp³-hybridized carbons (Fsp3) is 0.706. The highest BCUT2D eigenvalue weighted by molar-refractivity contribution is 5.93. The summed E-state index contributed by atoms with van der Waals surface area (Å²) in [5.41, 5.74) is 6.45. The number of hydrogen-bond acceptors (Lipinski definition) is 3. The number of hydrogen-bond donors (Lipinski definition) is 2. The first-order chi connectivity index (χ1) is 9.90. The predicted molar refractivity (Wildman–Crippen MR) is 91.1 cm³/mol. The molecule has 5 heteroatoms. The number of carbonyl (C=O) groups is 1. The van der Waals surface area contributed by atoms with Gasteiger partial charge < -0.3 is 15.5 Å². The van der Waals surface area contributed by atoms with Gasteiger partial charge in [0.2, 0.25) is 0 Å². The zero-order chi connectivity index (χ0) is 15.5. The Morgan fingerprint density at radius 1 is 1.32 bits per heavy atom. The first-order valence-electron chi connectivity index (χ1n) is 7.96. The average Bonchev–Trinajstić information content (AvgIpc) is 2.93. The van der Waals surface area contributed by atoms with E-state index in [1.54, 1.807) is 6.07 Å². The summed E-state index contributed by atoms with van der Waals surface area (Å²) in [5, 5.41) is 3.02. The average molecular weight is 329 g/mol. The first kappa shape index (κ1) is 19.0. The minimum Gasteiger partial charge on any atom is -0.467 e. The largest absolute Gasteiger partial charge is 0.467 e. The minimum atomic E-state index is -0.0589. The lowest BCUT2D eigenvalue weighted by Crippen LogP contribution is -2.33. The summed E-state index contributed by atoms with van der Waals surface area (Å²) in [6, 6.07) is 1.71. The number of halogens is 1. The summed E-state index contributed by atoms with van der Waals surface area (Å²) in [6.45, 7) is 8.07. The van der Waals surface area contributed by atoms with Gasteiger partial charge >= 0.3 is 0 Å². The minimum absolute atomic E-state index is 0. The van der Waals surface area contributed by atoms with Crippen molar-refractivity contribution in [3.63, 3.8) is 0 Å². The smallest absolute Gasteiger partial charge is 0.254 e. The van der Waals surface area contributed by atoms with Gasteiger partial charge in [0.25, 0.3) is 5.91 Å². The van der Waals surface area contributed by atoms with Crippen molar-refractivity contribution in [3.8, 4) is 0 Å². The van der Waals surface area contributed by atoms with E-state index in [1.165, 1.54) is 31.9 Å². The lowest BCUT2D eigenvalue weighted by atomic mass is 9.70. The quantitative estimate of drug-likeness (QED) is 0.884. The molecule has 1 amide bonds. The summed E-state index contributed by atoms with van der Waals surface area (Å²) in [7, 11) is 0. The molecule has 2 rings (SSSR count). The van der Waals surface area contributed by atoms with Gasteiger partial charge in [0.1, 0.15) is 12.0 Å². The van der Waals surface area contributed by atoms with Gasteiger partial charge in [-0.25, -0.2) is 0 Å². The Labute approximate surface area is 139 Å². The summed E-state index contributed by atoms with van der Waals surface area (Å²) in [5.74, 6) is 2.00. The third-order valence-electron chi connectivity index (χ3n) is 4.74. The van der Waals surface area contributed by atoms with Crippen LogP contribution in [-0.2, 0) is 6.54 Å². The van der Waals surface area contributed by atoms with E-state index in [0.29, 0.717) is 29.2 Å². The van der Waals surface area contributed by atoms with Crippen LogP contribution in [0.5, 0.6) is 0 Å². The van der Waals surface area contributed by atoms with Crippen molar-refractivity contribution in [2.45, 2.75) is 53.0 Å². The molecule has 0 saturated heterocycles. The molecule has 1 aliphatic rings. The molecular weight excluding hydrogens is 300 g/mol. The molecule has 0 aromatic carbocycles. The Morgan fingerprint density at radius 3 is 2.45 bits per heavy atom. The highest BCUT2D eigenvalue weighted by atomic mass is 35.5. The van der Waals surface area contributed by atoms with Crippen molar-refractivity contribution < 1.29 is 9.21 Å². The third-order valence-corrected chi connectivity index (χ3v) is 4.74. The Hall–Kier alpha value is -1.00. The number of carbonyl (C=O) groups excluding carboxylic acids is 1. The predicted octanol–water partition coefficient (Wildman–Crippen LogP) is 3.74. The van der Waals surface area contributed by atoms with E-state index in [9.17, 15) is 4.79 Å². The van der Waals surface area contributed by atoms with Gasteiger partial charge in [-0.05, 0) is 49.0 Å². The van der Waals surface area contributed by atoms with Crippen molar-refractivity contribution in [1.82, 2.24) is 5.32 Å². The maximum atomic E-state index is 12.0. The fourth-order valence-electron chi connectivity index (χ4n) is 3.18. The Kier molecular flexibility index (Phi) is 6.95. The molecule has 0 bridgehead atoms. The van der Waals surface area contributed by atoms with E-state index in [2.05, 4.69) is 26.1 Å². The molecule has 1 saturated carbocycles. The number of rotatable bonds is 4. The second-order valence-electron chi connectivity index (χ2n) is 7.30. The molecule has 0 atom stereocenters. The second-order valence-corrected chi connectivity index (χ2v) is 7.30.